The molecule has 0 aliphatic carbocycles. The highest BCUT2D eigenvalue weighted by atomic mass is 19.4. The molecule has 10 heteroatoms. The first-order valence-electron chi connectivity index (χ1n) is 8.73. The van der Waals surface area contributed by atoms with Crippen molar-refractivity contribution in [2.45, 2.75) is 6.18 Å². The van der Waals surface area contributed by atoms with Crippen LogP contribution in [0.4, 0.5) is 35.3 Å². The largest absolute Gasteiger partial charge is 0.416 e. The zero-order chi connectivity index (χ0) is 20.3. The zero-order valence-electron chi connectivity index (χ0n) is 15.6. The molecule has 0 unspecified atom stereocenters. The van der Waals surface area contributed by atoms with Gasteiger partial charge in [-0.3, -0.25) is 0 Å². The van der Waals surface area contributed by atoms with Crippen LogP contribution in [0.1, 0.15) is 5.56 Å². The smallest absolute Gasteiger partial charge is 0.361 e. The lowest BCUT2D eigenvalue weighted by atomic mass is 10.2. The van der Waals surface area contributed by atoms with E-state index in [1.807, 2.05) is 36.0 Å². The summed E-state index contributed by atoms with van der Waals surface area (Å²) in [5, 5.41) is 10.9. The molecule has 0 radical (unpaired) electrons. The third-order valence-electron chi connectivity index (χ3n) is 4.43. The lowest BCUT2D eigenvalue weighted by Crippen LogP contribution is -2.50. The average molecular weight is 394 g/mol. The minimum Gasteiger partial charge on any atom is -0.361 e. The van der Waals surface area contributed by atoms with Gasteiger partial charge in [-0.05, 0) is 30.3 Å². The number of aromatic nitrogens is 2. The molecule has 0 saturated carbocycles. The van der Waals surface area contributed by atoms with Crippen molar-refractivity contribution in [3.8, 4) is 0 Å². The number of alkyl halides is 3. The van der Waals surface area contributed by atoms with Crippen LogP contribution in [-0.2, 0) is 6.18 Å². The summed E-state index contributed by atoms with van der Waals surface area (Å²) < 4.78 is 38.4. The Kier molecular flexibility index (Phi) is 5.57. The Morgan fingerprint density at radius 1 is 1.07 bits per heavy atom. The summed E-state index contributed by atoms with van der Waals surface area (Å²) in [6, 6.07) is 7.92. The van der Waals surface area contributed by atoms with Crippen molar-refractivity contribution in [1.29, 1.82) is 0 Å². The van der Waals surface area contributed by atoms with Gasteiger partial charge in [0.15, 0.2) is 11.6 Å². The molecule has 1 aromatic carbocycles. The van der Waals surface area contributed by atoms with E-state index in [1.54, 1.807) is 4.90 Å². The molecule has 3 rings (SSSR count). The van der Waals surface area contributed by atoms with Crippen molar-refractivity contribution in [2.24, 2.45) is 0 Å². The highest BCUT2D eigenvalue weighted by Crippen LogP contribution is 2.30. The van der Waals surface area contributed by atoms with E-state index in [1.165, 1.54) is 12.1 Å². The predicted octanol–water partition coefficient (Wildman–Crippen LogP) is 2.92. The molecule has 1 aliphatic rings. The van der Waals surface area contributed by atoms with Crippen molar-refractivity contribution in [3.05, 3.63) is 42.0 Å². The van der Waals surface area contributed by atoms with Crippen LogP contribution in [0.3, 0.4) is 0 Å². The van der Waals surface area contributed by atoms with Crippen LogP contribution >= 0.6 is 0 Å². The second-order valence-electron chi connectivity index (χ2n) is 6.63. The molecule has 150 valence electrons. The number of nitrogens with one attached hydrogen (secondary N) is 1. The summed E-state index contributed by atoms with van der Waals surface area (Å²) in [5.74, 6) is 1.48. The van der Waals surface area contributed by atoms with Crippen molar-refractivity contribution < 1.29 is 18.0 Å². The second kappa shape index (κ2) is 7.91. The molecule has 2 heterocycles. The van der Waals surface area contributed by atoms with Gasteiger partial charge in [-0.25, -0.2) is 4.79 Å². The summed E-state index contributed by atoms with van der Waals surface area (Å²) in [6.45, 7) is 1.99. The molecule has 28 heavy (non-hydrogen) atoms. The maximum Gasteiger partial charge on any atom is 0.416 e. The number of carbonyl (C=O) groups is 1. The van der Waals surface area contributed by atoms with Crippen LogP contribution in [0, 0.1) is 0 Å². The molecule has 0 spiro atoms. The van der Waals surface area contributed by atoms with Gasteiger partial charge in [-0.15, -0.1) is 10.2 Å². The van der Waals surface area contributed by atoms with E-state index in [0.717, 1.165) is 23.8 Å². The zero-order valence-corrected chi connectivity index (χ0v) is 15.6. The minimum absolute atomic E-state index is 0.118. The van der Waals surface area contributed by atoms with Crippen molar-refractivity contribution in [2.75, 3.05) is 55.4 Å². The Balaban J connectivity index is 1.57. The van der Waals surface area contributed by atoms with Crippen LogP contribution in [0.25, 0.3) is 0 Å². The molecule has 1 fully saturated rings. The Bertz CT molecular complexity index is 817. The number of carbonyl (C=O) groups excluding carboxylic acids is 1. The molecule has 1 saturated heterocycles. The second-order valence-corrected chi connectivity index (χ2v) is 6.63. The van der Waals surface area contributed by atoms with Gasteiger partial charge in [0.2, 0.25) is 0 Å². The molecule has 0 atom stereocenters. The summed E-state index contributed by atoms with van der Waals surface area (Å²) in [4.78, 5) is 17.8. The number of halogens is 3. The Morgan fingerprint density at radius 2 is 1.79 bits per heavy atom. The quantitative estimate of drug-likeness (QED) is 0.867. The van der Waals surface area contributed by atoms with Gasteiger partial charge in [0.25, 0.3) is 0 Å². The van der Waals surface area contributed by atoms with E-state index in [9.17, 15) is 18.0 Å². The number of benzene rings is 1. The fourth-order valence-corrected chi connectivity index (χ4v) is 2.84. The molecular weight excluding hydrogens is 373 g/mol. The number of urea groups is 1. The van der Waals surface area contributed by atoms with Crippen LogP contribution in [0.15, 0.2) is 36.4 Å². The van der Waals surface area contributed by atoms with E-state index in [4.69, 9.17) is 0 Å². The number of rotatable bonds is 3. The molecule has 2 amide bonds. The molecule has 1 aromatic heterocycles. The first-order chi connectivity index (χ1) is 13.2. The standard InChI is InChI=1S/C18H21F3N6O/c1-25(2)15-6-7-16(24-23-15)26-8-10-27(11-9-26)17(28)22-14-5-3-4-13(12-14)18(19,20)21/h3-7,12H,8-11H2,1-2H3,(H,22,28). The molecule has 0 bridgehead atoms. The van der Waals surface area contributed by atoms with Gasteiger partial charge < -0.3 is 20.0 Å². The molecule has 7 nitrogen and oxygen atoms in total. The van der Waals surface area contributed by atoms with E-state index in [2.05, 4.69) is 15.5 Å². The van der Waals surface area contributed by atoms with E-state index in [0.29, 0.717) is 26.2 Å². The minimum atomic E-state index is -4.45. The number of amides is 2. The summed E-state index contributed by atoms with van der Waals surface area (Å²) in [7, 11) is 3.76. The maximum atomic E-state index is 12.8. The number of anilines is 3. The first-order valence-corrected chi connectivity index (χ1v) is 8.73. The van der Waals surface area contributed by atoms with Gasteiger partial charge in [-0.1, -0.05) is 6.07 Å². The van der Waals surface area contributed by atoms with Gasteiger partial charge >= 0.3 is 12.2 Å². The van der Waals surface area contributed by atoms with E-state index < -0.39 is 17.8 Å². The van der Waals surface area contributed by atoms with Gasteiger partial charge in [0.1, 0.15) is 0 Å². The van der Waals surface area contributed by atoms with Gasteiger partial charge in [0.05, 0.1) is 5.56 Å². The van der Waals surface area contributed by atoms with Crippen LogP contribution in [-0.4, -0.2) is 61.4 Å². The first kappa shape index (κ1) is 19.7. The molecular formula is C18H21F3N6O. The van der Waals surface area contributed by atoms with E-state index in [-0.39, 0.29) is 5.69 Å². The fourth-order valence-electron chi connectivity index (χ4n) is 2.84. The lowest BCUT2D eigenvalue weighted by molar-refractivity contribution is -0.137. The summed E-state index contributed by atoms with van der Waals surface area (Å²) in [6.07, 6.45) is -4.45. The van der Waals surface area contributed by atoms with Crippen LogP contribution in [0.5, 0.6) is 0 Å². The van der Waals surface area contributed by atoms with Crippen LogP contribution < -0.4 is 15.1 Å². The van der Waals surface area contributed by atoms with Crippen molar-refractivity contribution in [3.63, 3.8) is 0 Å². The van der Waals surface area contributed by atoms with Crippen molar-refractivity contribution >= 4 is 23.4 Å². The van der Waals surface area contributed by atoms with Gasteiger partial charge in [0, 0.05) is 46.0 Å². The maximum absolute atomic E-state index is 12.8. The number of nitrogens with zero attached hydrogens (tertiary/aromatic N) is 5. The number of piperazine rings is 1. The Hall–Kier alpha value is -3.04. The fraction of sp³-hybridized carbons (Fsp3) is 0.389. The Morgan fingerprint density at radius 3 is 2.36 bits per heavy atom. The Labute approximate surface area is 160 Å². The average Bonchev–Trinajstić information content (AvgIpc) is 2.68. The predicted molar refractivity (Wildman–Crippen MR) is 101 cm³/mol. The third kappa shape index (κ3) is 4.62. The van der Waals surface area contributed by atoms with Gasteiger partial charge in [-0.2, -0.15) is 13.2 Å². The van der Waals surface area contributed by atoms with E-state index >= 15 is 0 Å². The normalized spacial score (nSPS) is 14.8. The third-order valence-corrected chi connectivity index (χ3v) is 4.43. The number of hydrogen-bond donors (Lipinski definition) is 1. The monoisotopic (exact) mass is 394 g/mol. The summed E-state index contributed by atoms with van der Waals surface area (Å²) in [5.41, 5.74) is -0.678. The topological polar surface area (TPSA) is 64.6 Å². The lowest BCUT2D eigenvalue weighted by Gasteiger charge is -2.35. The van der Waals surface area contributed by atoms with Crippen LogP contribution in [0.2, 0.25) is 0 Å². The molecule has 2 aromatic rings. The highest BCUT2D eigenvalue weighted by Gasteiger charge is 2.30. The summed E-state index contributed by atoms with van der Waals surface area (Å²) >= 11 is 0. The highest BCUT2D eigenvalue weighted by molar-refractivity contribution is 5.89. The molecule has 1 aliphatic heterocycles. The molecule has 1 N–H and O–H groups in total. The number of hydrogen-bond acceptors (Lipinski definition) is 5. The SMILES string of the molecule is CN(C)c1ccc(N2CCN(C(=O)Nc3cccc(C(F)(F)F)c3)CC2)nn1. The van der Waals surface area contributed by atoms with Crippen molar-refractivity contribution in [1.82, 2.24) is 15.1 Å².